The van der Waals surface area contributed by atoms with Crippen molar-refractivity contribution in [3.8, 4) is 57.2 Å². The molecule has 188 valence electrons. The second-order valence-electron chi connectivity index (χ2n) is 8.97. The van der Waals surface area contributed by atoms with Crippen LogP contribution in [0, 0.1) is 0 Å². The Morgan fingerprint density at radius 2 is 0.900 bits per heavy atom. The van der Waals surface area contributed by atoms with Gasteiger partial charge < -0.3 is 0 Å². The number of fused-ring (bicyclic) bond motifs is 1. The molecule has 0 unspecified atom stereocenters. The second-order valence-corrected chi connectivity index (χ2v) is 8.97. The minimum Gasteiger partial charge on any atom is -0.255 e. The number of para-hydroxylation sites is 1. The van der Waals surface area contributed by atoms with Crippen molar-refractivity contribution in [2.45, 2.75) is 0 Å². The zero-order chi connectivity index (χ0) is 26.7. The first-order valence-corrected chi connectivity index (χ1v) is 12.7. The van der Waals surface area contributed by atoms with Crippen LogP contribution in [0.15, 0.2) is 122 Å². The van der Waals surface area contributed by atoms with E-state index in [-0.39, 0.29) is 0 Å². The SMILES string of the molecule is c1ccc(-c2cccc(-c3nc(-c4cnc5ccccc5c4)nc(-c4cccc(-c5ccccn5)n4)n3)n2)nc1. The van der Waals surface area contributed by atoms with Gasteiger partial charge in [0.15, 0.2) is 17.5 Å². The minimum absolute atomic E-state index is 0.427. The highest BCUT2D eigenvalue weighted by Crippen LogP contribution is 2.27. The number of hydrogen-bond donors (Lipinski definition) is 0. The predicted molar refractivity (Wildman–Crippen MR) is 153 cm³/mol. The molecule has 8 nitrogen and oxygen atoms in total. The highest BCUT2D eigenvalue weighted by Gasteiger charge is 2.16. The van der Waals surface area contributed by atoms with Gasteiger partial charge in [-0.3, -0.25) is 15.0 Å². The van der Waals surface area contributed by atoms with Crippen molar-refractivity contribution in [3.05, 3.63) is 122 Å². The third-order valence-electron chi connectivity index (χ3n) is 6.30. The van der Waals surface area contributed by atoms with E-state index < -0.39 is 0 Å². The first-order chi connectivity index (χ1) is 19.8. The summed E-state index contributed by atoms with van der Waals surface area (Å²) in [5, 5.41) is 0.995. The molecule has 1 aromatic carbocycles. The number of rotatable bonds is 5. The fourth-order valence-electron chi connectivity index (χ4n) is 4.36. The maximum Gasteiger partial charge on any atom is 0.182 e. The largest absolute Gasteiger partial charge is 0.255 e. The van der Waals surface area contributed by atoms with Gasteiger partial charge in [-0.25, -0.2) is 24.9 Å². The lowest BCUT2D eigenvalue weighted by Gasteiger charge is -2.09. The van der Waals surface area contributed by atoms with Crippen LogP contribution in [0.4, 0.5) is 0 Å². The second kappa shape index (κ2) is 10.2. The molecule has 7 rings (SSSR count). The number of benzene rings is 1. The molecule has 0 aliphatic rings. The van der Waals surface area contributed by atoms with Crippen LogP contribution in [0.1, 0.15) is 0 Å². The fraction of sp³-hybridized carbons (Fsp3) is 0. The Balaban J connectivity index is 1.40. The average Bonchev–Trinajstić information content (AvgIpc) is 3.05. The summed E-state index contributed by atoms with van der Waals surface area (Å²) in [7, 11) is 0. The molecule has 0 fully saturated rings. The van der Waals surface area contributed by atoms with E-state index in [1.807, 2.05) is 103 Å². The quantitative estimate of drug-likeness (QED) is 0.261. The van der Waals surface area contributed by atoms with Crippen molar-refractivity contribution in [3.63, 3.8) is 0 Å². The van der Waals surface area contributed by atoms with Crippen LogP contribution in [-0.2, 0) is 0 Å². The zero-order valence-electron chi connectivity index (χ0n) is 21.1. The van der Waals surface area contributed by atoms with Crippen LogP contribution in [0.25, 0.3) is 68.1 Å². The van der Waals surface area contributed by atoms with E-state index in [1.54, 1.807) is 18.6 Å². The van der Waals surface area contributed by atoms with Gasteiger partial charge in [-0.15, -0.1) is 0 Å². The van der Waals surface area contributed by atoms with Crippen molar-refractivity contribution in [2.24, 2.45) is 0 Å². The molecule has 0 saturated heterocycles. The van der Waals surface area contributed by atoms with E-state index in [0.717, 1.165) is 39.2 Å². The molecular weight excluding hydrogens is 496 g/mol. The van der Waals surface area contributed by atoms with Crippen molar-refractivity contribution >= 4 is 10.9 Å². The van der Waals surface area contributed by atoms with Gasteiger partial charge in [0.1, 0.15) is 11.4 Å². The third-order valence-corrected chi connectivity index (χ3v) is 6.30. The number of aromatic nitrogens is 8. The molecule has 0 spiro atoms. The summed E-state index contributed by atoms with van der Waals surface area (Å²) < 4.78 is 0. The zero-order valence-corrected chi connectivity index (χ0v) is 21.1. The monoisotopic (exact) mass is 516 g/mol. The Morgan fingerprint density at radius 1 is 0.375 bits per heavy atom. The first kappa shape index (κ1) is 23.4. The Morgan fingerprint density at radius 3 is 1.50 bits per heavy atom. The van der Waals surface area contributed by atoms with Crippen LogP contribution >= 0.6 is 0 Å². The predicted octanol–water partition coefficient (Wildman–Crippen LogP) is 6.33. The molecule has 0 radical (unpaired) electrons. The van der Waals surface area contributed by atoms with E-state index in [9.17, 15) is 0 Å². The van der Waals surface area contributed by atoms with Crippen molar-refractivity contribution in [1.82, 2.24) is 39.9 Å². The molecule has 0 bridgehead atoms. The lowest BCUT2D eigenvalue weighted by molar-refractivity contribution is 1.04. The van der Waals surface area contributed by atoms with Gasteiger partial charge in [0.25, 0.3) is 0 Å². The van der Waals surface area contributed by atoms with Gasteiger partial charge in [-0.2, -0.15) is 0 Å². The summed E-state index contributed by atoms with van der Waals surface area (Å²) in [6, 6.07) is 32.9. The van der Waals surface area contributed by atoms with Gasteiger partial charge in [-0.05, 0) is 60.7 Å². The lowest BCUT2D eigenvalue weighted by atomic mass is 10.1. The first-order valence-electron chi connectivity index (χ1n) is 12.7. The van der Waals surface area contributed by atoms with E-state index in [4.69, 9.17) is 24.9 Å². The molecule has 0 N–H and O–H groups in total. The molecule has 7 aromatic rings. The van der Waals surface area contributed by atoms with Gasteiger partial charge in [0, 0.05) is 29.5 Å². The Labute approximate surface area is 229 Å². The van der Waals surface area contributed by atoms with Crippen LogP contribution in [-0.4, -0.2) is 39.9 Å². The molecule has 6 aromatic heterocycles. The molecule has 0 amide bonds. The lowest BCUT2D eigenvalue weighted by Crippen LogP contribution is -2.03. The summed E-state index contributed by atoms with van der Waals surface area (Å²) in [5.74, 6) is 1.33. The highest BCUT2D eigenvalue weighted by atomic mass is 15.1. The maximum absolute atomic E-state index is 4.84. The molecule has 6 heterocycles. The standard InChI is InChI=1S/C32H20N8/c1-2-10-23-21(9-1)19-22(20-35-23)30-38-31(28-15-7-13-26(36-28)24-11-3-5-17-33-24)40-32(39-30)29-16-8-14-27(37-29)25-12-4-6-18-34-25/h1-20H. The van der Waals surface area contributed by atoms with Gasteiger partial charge in [0.2, 0.25) is 0 Å². The maximum atomic E-state index is 4.84. The molecular formula is C32H20N8. The van der Waals surface area contributed by atoms with Gasteiger partial charge in [0.05, 0.1) is 28.3 Å². The number of nitrogens with zero attached hydrogens (tertiary/aromatic N) is 8. The Kier molecular flexibility index (Phi) is 5.95. The molecule has 40 heavy (non-hydrogen) atoms. The van der Waals surface area contributed by atoms with Crippen LogP contribution < -0.4 is 0 Å². The topological polar surface area (TPSA) is 103 Å². The highest BCUT2D eigenvalue weighted by molar-refractivity contribution is 5.82. The Bertz CT molecular complexity index is 1860. The van der Waals surface area contributed by atoms with Crippen molar-refractivity contribution < 1.29 is 0 Å². The van der Waals surface area contributed by atoms with Crippen LogP contribution in [0.3, 0.4) is 0 Å². The van der Waals surface area contributed by atoms with Crippen LogP contribution in [0.5, 0.6) is 0 Å². The van der Waals surface area contributed by atoms with Crippen LogP contribution in [0.2, 0.25) is 0 Å². The summed E-state index contributed by atoms with van der Waals surface area (Å²) in [6.45, 7) is 0. The average molecular weight is 517 g/mol. The number of pyridine rings is 5. The van der Waals surface area contributed by atoms with E-state index in [0.29, 0.717) is 28.9 Å². The third kappa shape index (κ3) is 4.65. The normalized spacial score (nSPS) is 11.0. The molecule has 0 saturated carbocycles. The van der Waals surface area contributed by atoms with E-state index in [2.05, 4.69) is 15.0 Å². The smallest absolute Gasteiger partial charge is 0.182 e. The molecule has 0 aliphatic heterocycles. The van der Waals surface area contributed by atoms with Crippen molar-refractivity contribution in [1.29, 1.82) is 0 Å². The minimum atomic E-state index is 0.427. The summed E-state index contributed by atoms with van der Waals surface area (Å²) in [5.41, 5.74) is 5.85. The van der Waals surface area contributed by atoms with E-state index in [1.165, 1.54) is 0 Å². The molecule has 0 aliphatic carbocycles. The summed E-state index contributed by atoms with van der Waals surface area (Å²) in [4.78, 5) is 37.7. The van der Waals surface area contributed by atoms with Crippen molar-refractivity contribution in [2.75, 3.05) is 0 Å². The van der Waals surface area contributed by atoms with Gasteiger partial charge >= 0.3 is 0 Å². The summed E-state index contributed by atoms with van der Waals surface area (Å²) in [6.07, 6.45) is 5.27. The van der Waals surface area contributed by atoms with E-state index >= 15 is 0 Å². The summed E-state index contributed by atoms with van der Waals surface area (Å²) >= 11 is 0. The molecule has 0 atom stereocenters. The number of hydrogen-bond acceptors (Lipinski definition) is 8. The Hall–Kier alpha value is -5.76. The van der Waals surface area contributed by atoms with Gasteiger partial charge in [-0.1, -0.05) is 42.5 Å². The molecule has 8 heteroatoms. The fourth-order valence-corrected chi connectivity index (χ4v) is 4.36.